The zero-order valence-electron chi connectivity index (χ0n) is 14.9. The summed E-state index contributed by atoms with van der Waals surface area (Å²) in [7, 11) is 0. The Balaban J connectivity index is 3.25. The van der Waals surface area contributed by atoms with E-state index in [0.29, 0.717) is 11.8 Å². The second-order valence-electron chi connectivity index (χ2n) is 6.11. The molecule has 0 bridgehead atoms. The average molecular weight is 415 g/mol. The highest BCUT2D eigenvalue weighted by molar-refractivity contribution is 9.10. The van der Waals surface area contributed by atoms with Crippen LogP contribution in [0, 0.1) is 0 Å². The number of hydrazine groups is 1. The lowest BCUT2D eigenvalue weighted by Crippen LogP contribution is -2.58. The monoisotopic (exact) mass is 414 g/mol. The third kappa shape index (κ3) is 5.74. The summed E-state index contributed by atoms with van der Waals surface area (Å²) in [6.45, 7) is 8.18. The predicted molar refractivity (Wildman–Crippen MR) is 95.8 cm³/mol. The van der Waals surface area contributed by atoms with Gasteiger partial charge in [-0.25, -0.2) is 15.0 Å². The van der Waals surface area contributed by atoms with Crippen molar-refractivity contribution in [2.45, 2.75) is 52.4 Å². The first-order valence-corrected chi connectivity index (χ1v) is 8.60. The van der Waals surface area contributed by atoms with Crippen LogP contribution in [0.4, 0.5) is 9.59 Å². The number of carbonyl (C=O) groups excluding carboxylic acids is 3. The summed E-state index contributed by atoms with van der Waals surface area (Å²) in [5, 5.41) is 0.841. The number of benzene rings is 1. The second kappa shape index (κ2) is 8.84. The quantitative estimate of drug-likeness (QED) is 0.585. The molecular weight excluding hydrogens is 392 g/mol. The van der Waals surface area contributed by atoms with Gasteiger partial charge in [0, 0.05) is 4.47 Å². The van der Waals surface area contributed by atoms with E-state index >= 15 is 0 Å². The molecule has 1 N–H and O–H groups in total. The van der Waals surface area contributed by atoms with E-state index < -0.39 is 29.9 Å². The minimum atomic E-state index is -1.48. The standard InChI is InChI=1S/C17H23BrN2O5/c1-11(2)24-15(22)19-20(16(23)25-12(3)4)17(5,10-21)13-6-8-14(18)9-7-13/h6-12H,1-5H3,(H,19,22). The summed E-state index contributed by atoms with van der Waals surface area (Å²) in [4.78, 5) is 36.4. The topological polar surface area (TPSA) is 84.9 Å². The Hall–Kier alpha value is -2.09. The first kappa shape index (κ1) is 21.0. The van der Waals surface area contributed by atoms with Gasteiger partial charge in [0.1, 0.15) is 5.54 Å². The molecule has 1 unspecified atom stereocenters. The zero-order chi connectivity index (χ0) is 19.2. The van der Waals surface area contributed by atoms with Crippen molar-refractivity contribution in [3.63, 3.8) is 0 Å². The van der Waals surface area contributed by atoms with Gasteiger partial charge in [0.2, 0.25) is 0 Å². The van der Waals surface area contributed by atoms with Gasteiger partial charge >= 0.3 is 12.2 Å². The fourth-order valence-electron chi connectivity index (χ4n) is 1.97. The van der Waals surface area contributed by atoms with Crippen LogP contribution >= 0.6 is 15.9 Å². The van der Waals surface area contributed by atoms with Crippen molar-refractivity contribution in [3.8, 4) is 0 Å². The maximum absolute atomic E-state index is 12.5. The summed E-state index contributed by atoms with van der Waals surface area (Å²) >= 11 is 3.32. The second-order valence-corrected chi connectivity index (χ2v) is 7.02. The number of aldehydes is 1. The molecule has 7 nitrogen and oxygen atoms in total. The Bertz CT molecular complexity index is 618. The third-order valence-corrected chi connectivity index (χ3v) is 3.72. The van der Waals surface area contributed by atoms with Gasteiger partial charge in [-0.3, -0.25) is 0 Å². The van der Waals surface area contributed by atoms with Gasteiger partial charge in [-0.15, -0.1) is 0 Å². The highest BCUT2D eigenvalue weighted by Crippen LogP contribution is 2.27. The van der Waals surface area contributed by atoms with Crippen molar-refractivity contribution in [1.82, 2.24) is 10.4 Å². The number of hydrogen-bond donors (Lipinski definition) is 1. The van der Waals surface area contributed by atoms with Crippen LogP contribution in [0.5, 0.6) is 0 Å². The molecule has 1 aromatic carbocycles. The number of carbonyl (C=O) groups is 3. The van der Waals surface area contributed by atoms with Crippen LogP contribution in [0.1, 0.15) is 40.2 Å². The lowest BCUT2D eigenvalue weighted by molar-refractivity contribution is -0.119. The van der Waals surface area contributed by atoms with Crippen LogP contribution in [0.3, 0.4) is 0 Å². The summed E-state index contributed by atoms with van der Waals surface area (Å²) in [6, 6.07) is 6.80. The number of amides is 2. The molecule has 0 radical (unpaired) electrons. The molecule has 8 heteroatoms. The van der Waals surface area contributed by atoms with Crippen molar-refractivity contribution in [2.24, 2.45) is 0 Å². The Kier molecular flexibility index (Phi) is 7.41. The van der Waals surface area contributed by atoms with Gasteiger partial charge in [0.05, 0.1) is 12.2 Å². The van der Waals surface area contributed by atoms with Gasteiger partial charge in [0.25, 0.3) is 0 Å². The van der Waals surface area contributed by atoms with Crippen molar-refractivity contribution in [2.75, 3.05) is 0 Å². The van der Waals surface area contributed by atoms with E-state index in [-0.39, 0.29) is 0 Å². The third-order valence-electron chi connectivity index (χ3n) is 3.19. The molecule has 0 saturated carbocycles. The van der Waals surface area contributed by atoms with E-state index in [1.165, 1.54) is 6.92 Å². The lowest BCUT2D eigenvalue weighted by atomic mass is 9.93. The summed E-state index contributed by atoms with van der Waals surface area (Å²) in [6.07, 6.45) is -1.99. The number of halogens is 1. The Morgan fingerprint density at radius 3 is 2.08 bits per heavy atom. The largest absolute Gasteiger partial charge is 0.446 e. The zero-order valence-corrected chi connectivity index (χ0v) is 16.5. The molecule has 0 aliphatic heterocycles. The van der Waals surface area contributed by atoms with Crippen LogP contribution in [-0.4, -0.2) is 35.7 Å². The minimum absolute atomic E-state index is 0.391. The van der Waals surface area contributed by atoms with Crippen LogP contribution in [0.25, 0.3) is 0 Å². The van der Waals surface area contributed by atoms with E-state index in [9.17, 15) is 14.4 Å². The molecule has 0 heterocycles. The molecule has 0 aliphatic rings. The van der Waals surface area contributed by atoms with Crippen LogP contribution in [0.2, 0.25) is 0 Å². The van der Waals surface area contributed by atoms with Gasteiger partial charge in [0.15, 0.2) is 6.29 Å². The van der Waals surface area contributed by atoms with Gasteiger partial charge < -0.3 is 14.3 Å². The number of rotatable bonds is 5. The normalized spacial score (nSPS) is 13.1. The van der Waals surface area contributed by atoms with Gasteiger partial charge in [-0.2, -0.15) is 5.01 Å². The highest BCUT2D eigenvalue weighted by atomic mass is 79.9. The minimum Gasteiger partial charge on any atom is -0.446 e. The molecule has 0 aromatic heterocycles. The number of nitrogens with one attached hydrogen (secondary N) is 1. The van der Waals surface area contributed by atoms with E-state index in [1.54, 1.807) is 52.0 Å². The molecule has 0 aliphatic carbocycles. The molecule has 25 heavy (non-hydrogen) atoms. The van der Waals surface area contributed by atoms with Crippen molar-refractivity contribution >= 4 is 34.4 Å². The van der Waals surface area contributed by atoms with Crippen LogP contribution in [0.15, 0.2) is 28.7 Å². The number of hydrogen-bond acceptors (Lipinski definition) is 5. The summed E-state index contributed by atoms with van der Waals surface area (Å²) in [5.74, 6) is 0. The van der Waals surface area contributed by atoms with Crippen molar-refractivity contribution in [3.05, 3.63) is 34.3 Å². The molecule has 1 atom stereocenters. The molecule has 2 amide bonds. The Morgan fingerprint density at radius 1 is 1.12 bits per heavy atom. The number of nitrogens with zero attached hydrogens (tertiary/aromatic N) is 1. The van der Waals surface area contributed by atoms with Crippen molar-refractivity contribution < 1.29 is 23.9 Å². The van der Waals surface area contributed by atoms with E-state index in [0.717, 1.165) is 9.48 Å². The molecule has 1 rings (SSSR count). The number of ether oxygens (including phenoxy) is 2. The van der Waals surface area contributed by atoms with E-state index in [1.807, 2.05) is 0 Å². The average Bonchev–Trinajstić information content (AvgIpc) is 2.51. The fourth-order valence-corrected chi connectivity index (χ4v) is 2.24. The first-order valence-electron chi connectivity index (χ1n) is 7.80. The lowest BCUT2D eigenvalue weighted by Gasteiger charge is -2.36. The SMILES string of the molecule is CC(C)OC(=O)NN(C(=O)OC(C)C)C(C)(C=O)c1ccc(Br)cc1. The highest BCUT2D eigenvalue weighted by Gasteiger charge is 2.40. The predicted octanol–water partition coefficient (Wildman–Crippen LogP) is 3.76. The van der Waals surface area contributed by atoms with Gasteiger partial charge in [-0.1, -0.05) is 28.1 Å². The summed E-state index contributed by atoms with van der Waals surface area (Å²) < 4.78 is 11.0. The first-order chi connectivity index (χ1) is 11.6. The molecule has 1 aromatic rings. The van der Waals surface area contributed by atoms with E-state index in [2.05, 4.69) is 21.4 Å². The molecular formula is C17H23BrN2O5. The molecule has 0 saturated heterocycles. The molecule has 0 fully saturated rings. The summed E-state index contributed by atoms with van der Waals surface area (Å²) in [5.41, 5.74) is 1.33. The maximum atomic E-state index is 12.5. The smallest absolute Gasteiger partial charge is 0.430 e. The Labute approximate surface area is 155 Å². The van der Waals surface area contributed by atoms with E-state index in [4.69, 9.17) is 9.47 Å². The van der Waals surface area contributed by atoms with Crippen LogP contribution < -0.4 is 5.43 Å². The maximum Gasteiger partial charge on any atom is 0.430 e. The van der Waals surface area contributed by atoms with Crippen molar-refractivity contribution in [1.29, 1.82) is 0 Å². The van der Waals surface area contributed by atoms with Crippen LogP contribution in [-0.2, 0) is 19.8 Å². The van der Waals surface area contributed by atoms with Gasteiger partial charge in [-0.05, 0) is 52.3 Å². The molecule has 0 spiro atoms. The fraction of sp³-hybridized carbons (Fsp3) is 0.471. The Morgan fingerprint density at radius 2 is 1.64 bits per heavy atom. The molecule has 138 valence electrons.